The van der Waals surface area contributed by atoms with Crippen LogP contribution in [0.15, 0.2) is 47.4 Å². The van der Waals surface area contributed by atoms with Gasteiger partial charge >= 0.3 is 6.61 Å². The quantitative estimate of drug-likeness (QED) is 0.266. The third-order valence-electron chi connectivity index (χ3n) is 8.61. The molecule has 2 aromatic carbocycles. The molecular weight excluding hydrogens is 596 g/mol. The molecule has 0 radical (unpaired) electrons. The van der Waals surface area contributed by atoms with Crippen molar-refractivity contribution in [2.24, 2.45) is 0 Å². The van der Waals surface area contributed by atoms with E-state index in [9.17, 15) is 27.5 Å². The Balaban J connectivity index is 1.54. The molecule has 0 unspecified atom stereocenters. The average Bonchev–Trinajstić information content (AvgIpc) is 3.31. The lowest BCUT2D eigenvalue weighted by molar-refractivity contribution is -0.131. The zero-order valence-electron chi connectivity index (χ0n) is 25.6. The molecule has 0 saturated carbocycles. The number of halogens is 2. The number of hydrogen-bond acceptors (Lipinski definition) is 7. The predicted molar refractivity (Wildman–Crippen MR) is 166 cm³/mol. The number of amides is 2. The number of fused-ring (bicyclic) bond motifs is 1. The van der Waals surface area contributed by atoms with Crippen molar-refractivity contribution in [1.29, 1.82) is 0 Å². The zero-order valence-corrected chi connectivity index (χ0v) is 27.4. The van der Waals surface area contributed by atoms with Gasteiger partial charge in [-0.2, -0.15) is 19.4 Å². The molecule has 13 heteroatoms. The molecular formula is C30H43F2N3O6SSi. The average molecular weight is 640 g/mol. The van der Waals surface area contributed by atoms with Crippen LogP contribution in [0.2, 0.25) is 18.1 Å². The lowest BCUT2D eigenvalue weighted by Gasteiger charge is -2.38. The van der Waals surface area contributed by atoms with E-state index in [4.69, 9.17) is 4.43 Å². The third-order valence-corrected chi connectivity index (χ3v) is 14.9. The highest BCUT2D eigenvalue weighted by molar-refractivity contribution is 8.25. The summed E-state index contributed by atoms with van der Waals surface area (Å²) in [5, 5.41) is 2.73. The topological polar surface area (TPSA) is 112 Å². The molecule has 2 heterocycles. The molecule has 2 amide bonds. The third kappa shape index (κ3) is 8.14. The summed E-state index contributed by atoms with van der Waals surface area (Å²) in [7, 11) is -3.52. The molecule has 4 rings (SSSR count). The summed E-state index contributed by atoms with van der Waals surface area (Å²) < 4.78 is 58.0. The summed E-state index contributed by atoms with van der Waals surface area (Å²) in [5.41, 5.74) is 1.53. The van der Waals surface area contributed by atoms with Gasteiger partial charge in [0.15, 0.2) is 8.32 Å². The van der Waals surface area contributed by atoms with Crippen LogP contribution < -0.4 is 10.1 Å². The minimum absolute atomic E-state index is 0.0142. The SMILES string of the molecule is CN(C(=O)Cc1ccc2c(c1)NC(=O)CS2(O)O)[C@H](CN1CC[C@H](O[Si](C)(C)C(C)(C)C)C1)c1cccc(OC(F)F)c1. The van der Waals surface area contributed by atoms with Crippen LogP contribution in [0, 0.1) is 0 Å². The zero-order chi connectivity index (χ0) is 31.7. The molecule has 1 fully saturated rings. The molecule has 3 N–H and O–H groups in total. The van der Waals surface area contributed by atoms with E-state index in [2.05, 4.69) is 48.8 Å². The van der Waals surface area contributed by atoms with E-state index in [0.29, 0.717) is 24.2 Å². The van der Waals surface area contributed by atoms with Crippen LogP contribution in [0.4, 0.5) is 14.5 Å². The van der Waals surface area contributed by atoms with Crippen LogP contribution >= 0.6 is 10.6 Å². The number of ether oxygens (including phenoxy) is 1. The van der Waals surface area contributed by atoms with Gasteiger partial charge in [0.25, 0.3) is 0 Å². The number of nitrogens with one attached hydrogen (secondary N) is 1. The summed E-state index contributed by atoms with van der Waals surface area (Å²) in [5.74, 6) is -1.11. The van der Waals surface area contributed by atoms with Gasteiger partial charge in [0.1, 0.15) is 11.5 Å². The molecule has 0 aromatic heterocycles. The highest BCUT2D eigenvalue weighted by Gasteiger charge is 2.41. The van der Waals surface area contributed by atoms with Crippen LogP contribution in [0.3, 0.4) is 0 Å². The van der Waals surface area contributed by atoms with Crippen LogP contribution in [0.1, 0.15) is 44.4 Å². The molecule has 43 heavy (non-hydrogen) atoms. The van der Waals surface area contributed by atoms with Gasteiger partial charge in [-0.05, 0) is 59.9 Å². The van der Waals surface area contributed by atoms with E-state index < -0.39 is 43.2 Å². The number of benzene rings is 2. The van der Waals surface area contributed by atoms with Crippen molar-refractivity contribution in [3.05, 3.63) is 53.6 Å². The molecule has 2 aromatic rings. The van der Waals surface area contributed by atoms with Gasteiger partial charge in [-0.1, -0.05) is 39.0 Å². The van der Waals surface area contributed by atoms with Crippen molar-refractivity contribution in [2.75, 3.05) is 37.8 Å². The fourth-order valence-corrected chi connectivity index (χ4v) is 7.96. The normalized spacial score (nSPS) is 20.3. The summed E-state index contributed by atoms with van der Waals surface area (Å²) >= 11 is 0. The molecule has 238 valence electrons. The lowest BCUT2D eigenvalue weighted by Crippen LogP contribution is -2.45. The Kier molecular flexibility index (Phi) is 9.94. The van der Waals surface area contributed by atoms with E-state index in [1.807, 2.05) is 0 Å². The van der Waals surface area contributed by atoms with Gasteiger partial charge in [-0.25, -0.2) is 0 Å². The van der Waals surface area contributed by atoms with Crippen molar-refractivity contribution >= 4 is 36.4 Å². The fraction of sp³-hybridized carbons (Fsp3) is 0.533. The smallest absolute Gasteiger partial charge is 0.387 e. The Labute approximate surface area is 255 Å². The number of likely N-dealkylation sites (N-methyl/N-ethyl adjacent to an activating group) is 1. The Morgan fingerprint density at radius 1 is 1.21 bits per heavy atom. The van der Waals surface area contributed by atoms with Gasteiger partial charge in [0.2, 0.25) is 11.8 Å². The fourth-order valence-electron chi connectivity index (χ4n) is 5.24. The Hall–Kier alpha value is -2.55. The van der Waals surface area contributed by atoms with Gasteiger partial charge in [-0.15, -0.1) is 0 Å². The first-order chi connectivity index (χ1) is 19.9. The van der Waals surface area contributed by atoms with E-state index in [-0.39, 0.29) is 39.8 Å². The summed E-state index contributed by atoms with van der Waals surface area (Å²) in [6.07, 6.45) is 0.930. The minimum Gasteiger partial charge on any atom is -0.435 e. The monoisotopic (exact) mass is 639 g/mol. The van der Waals surface area contributed by atoms with Crippen molar-refractivity contribution in [2.45, 2.75) is 75.4 Å². The number of carbonyl (C=O) groups excluding carboxylic acids is 2. The molecule has 2 atom stereocenters. The van der Waals surface area contributed by atoms with Crippen LogP contribution in [-0.2, 0) is 20.4 Å². The molecule has 0 bridgehead atoms. The number of nitrogens with zero attached hydrogens (tertiary/aromatic N) is 2. The Morgan fingerprint density at radius 2 is 1.93 bits per heavy atom. The number of hydrogen-bond donors (Lipinski definition) is 3. The summed E-state index contributed by atoms with van der Waals surface area (Å²) in [4.78, 5) is 29.7. The molecule has 9 nitrogen and oxygen atoms in total. The first-order valence-corrected chi connectivity index (χ1v) is 19.0. The highest BCUT2D eigenvalue weighted by atomic mass is 32.3. The van der Waals surface area contributed by atoms with E-state index in [0.717, 1.165) is 13.0 Å². The molecule has 2 aliphatic rings. The Morgan fingerprint density at radius 3 is 2.60 bits per heavy atom. The van der Waals surface area contributed by atoms with Crippen molar-refractivity contribution < 1.29 is 36.6 Å². The van der Waals surface area contributed by atoms with Crippen LogP contribution in [0.25, 0.3) is 0 Å². The van der Waals surface area contributed by atoms with Crippen LogP contribution in [-0.4, -0.2) is 84.2 Å². The molecule has 1 saturated heterocycles. The van der Waals surface area contributed by atoms with E-state index >= 15 is 0 Å². The first-order valence-electron chi connectivity index (χ1n) is 14.3. The maximum atomic E-state index is 13.6. The van der Waals surface area contributed by atoms with Gasteiger partial charge in [0.05, 0.1) is 29.1 Å². The summed E-state index contributed by atoms with van der Waals surface area (Å²) in [6, 6.07) is 10.7. The first kappa shape index (κ1) is 33.3. The standard InChI is InChI=1S/C30H43F2N3O6SSi/c1-30(2,3)43(5,6)41-23-12-13-35(17-23)18-25(21-8-7-9-22(16-21)40-29(31)32)34(4)28(37)15-20-10-11-26-24(14-20)33-27(36)19-42(26,38)39/h7-11,14,16,23,25,29,38-39H,12-13,15,17-19H2,1-6H3,(H,33,36)/t23-,25+/m0/s1. The number of rotatable bonds is 10. The second-order valence-corrected chi connectivity index (χ2v) is 19.7. The van der Waals surface area contributed by atoms with Gasteiger partial charge in [0, 0.05) is 26.7 Å². The number of alkyl halides is 2. The number of anilines is 1. The largest absolute Gasteiger partial charge is 0.435 e. The Bertz CT molecular complexity index is 1340. The molecule has 0 aliphatic carbocycles. The van der Waals surface area contributed by atoms with E-state index in [1.54, 1.807) is 42.3 Å². The second-order valence-electron chi connectivity index (χ2n) is 12.9. The maximum absolute atomic E-state index is 13.6. The number of likely N-dealkylation sites (tertiary alicyclic amines) is 1. The van der Waals surface area contributed by atoms with Crippen LogP contribution in [0.5, 0.6) is 5.75 Å². The second kappa shape index (κ2) is 12.8. The highest BCUT2D eigenvalue weighted by Crippen LogP contribution is 2.53. The molecule has 0 spiro atoms. The maximum Gasteiger partial charge on any atom is 0.387 e. The van der Waals surface area contributed by atoms with Crippen molar-refractivity contribution in [3.63, 3.8) is 0 Å². The molecule has 2 aliphatic heterocycles. The number of carbonyl (C=O) groups is 2. The van der Waals surface area contributed by atoms with Gasteiger partial charge in [-0.3, -0.25) is 23.6 Å². The van der Waals surface area contributed by atoms with E-state index in [1.165, 1.54) is 12.1 Å². The predicted octanol–water partition coefficient (Wildman–Crippen LogP) is 6.19. The van der Waals surface area contributed by atoms with Gasteiger partial charge < -0.3 is 19.4 Å². The van der Waals surface area contributed by atoms with Crippen molar-refractivity contribution in [3.8, 4) is 5.75 Å². The lowest BCUT2D eigenvalue weighted by atomic mass is 10.0. The summed E-state index contributed by atoms with van der Waals surface area (Å²) in [6.45, 7) is 10.1. The minimum atomic E-state index is -3.24. The van der Waals surface area contributed by atoms with Crippen molar-refractivity contribution in [1.82, 2.24) is 9.80 Å².